The number of alkyl halides is 3. The Morgan fingerprint density at radius 2 is 2.10 bits per heavy atom. The number of hydrogen-bond acceptors (Lipinski definition) is 5. The molecule has 0 aliphatic heterocycles. The maximum absolute atomic E-state index is 12.8. The summed E-state index contributed by atoms with van der Waals surface area (Å²) in [5.74, 6) is 0.252. The standard InChI is InChI=1S/C12H9F3N4OS/c13-12(14,15)9-5-21-4-8(9)11-18-10(20-19-11)2-1-7-3-16-6-17-7/h3-6H,1-2H2,(H,16,17). The normalized spacial score (nSPS) is 12.0. The molecule has 0 amide bonds. The highest BCUT2D eigenvalue weighted by molar-refractivity contribution is 7.08. The van der Waals surface area contributed by atoms with Gasteiger partial charge in [0.25, 0.3) is 0 Å². The van der Waals surface area contributed by atoms with Crippen LogP contribution in [0.25, 0.3) is 11.4 Å². The molecule has 3 rings (SSSR count). The number of rotatable bonds is 4. The Bertz CT molecular complexity index is 717. The summed E-state index contributed by atoms with van der Waals surface area (Å²) in [6, 6.07) is 0. The molecule has 0 aromatic carbocycles. The number of aromatic nitrogens is 4. The van der Waals surface area contributed by atoms with Gasteiger partial charge in [-0.05, 0) is 6.42 Å². The molecule has 3 heterocycles. The van der Waals surface area contributed by atoms with E-state index in [2.05, 4.69) is 20.1 Å². The van der Waals surface area contributed by atoms with E-state index in [0.29, 0.717) is 18.7 Å². The van der Waals surface area contributed by atoms with E-state index in [9.17, 15) is 13.2 Å². The van der Waals surface area contributed by atoms with Crippen molar-refractivity contribution in [3.63, 3.8) is 0 Å². The van der Waals surface area contributed by atoms with E-state index in [4.69, 9.17) is 4.52 Å². The average molecular weight is 314 g/mol. The van der Waals surface area contributed by atoms with Gasteiger partial charge in [-0.2, -0.15) is 29.5 Å². The van der Waals surface area contributed by atoms with Crippen LogP contribution in [-0.2, 0) is 19.0 Å². The summed E-state index contributed by atoms with van der Waals surface area (Å²) in [5, 5.41) is 6.03. The van der Waals surface area contributed by atoms with Crippen LogP contribution in [0.4, 0.5) is 13.2 Å². The van der Waals surface area contributed by atoms with Crippen molar-refractivity contribution in [1.82, 2.24) is 20.1 Å². The molecule has 0 saturated carbocycles. The third-order valence-corrected chi connectivity index (χ3v) is 3.58. The number of nitrogens with one attached hydrogen (secondary N) is 1. The largest absolute Gasteiger partial charge is 0.417 e. The van der Waals surface area contributed by atoms with E-state index in [1.54, 1.807) is 12.5 Å². The Labute approximate surface area is 120 Å². The van der Waals surface area contributed by atoms with Gasteiger partial charge in [-0.25, -0.2) is 4.98 Å². The highest BCUT2D eigenvalue weighted by Crippen LogP contribution is 2.38. The summed E-state index contributed by atoms with van der Waals surface area (Å²) < 4.78 is 43.4. The summed E-state index contributed by atoms with van der Waals surface area (Å²) in [4.78, 5) is 10.8. The van der Waals surface area contributed by atoms with Crippen LogP contribution in [0.15, 0.2) is 27.8 Å². The minimum absolute atomic E-state index is 0.0387. The monoisotopic (exact) mass is 314 g/mol. The van der Waals surface area contributed by atoms with Crippen LogP contribution in [0.1, 0.15) is 17.1 Å². The number of aryl methyl sites for hydroxylation is 2. The van der Waals surface area contributed by atoms with Crippen molar-refractivity contribution in [2.24, 2.45) is 0 Å². The SMILES string of the molecule is FC(F)(F)c1cscc1-c1noc(CCc2cnc[nH]2)n1. The Morgan fingerprint density at radius 3 is 2.81 bits per heavy atom. The highest BCUT2D eigenvalue weighted by Gasteiger charge is 2.35. The number of nitrogens with zero attached hydrogens (tertiary/aromatic N) is 3. The molecule has 1 N–H and O–H groups in total. The lowest BCUT2D eigenvalue weighted by atomic mass is 10.2. The van der Waals surface area contributed by atoms with Gasteiger partial charge in [0, 0.05) is 34.6 Å². The maximum Gasteiger partial charge on any atom is 0.417 e. The molecular weight excluding hydrogens is 305 g/mol. The summed E-state index contributed by atoms with van der Waals surface area (Å²) in [6.07, 6.45) is -0.183. The van der Waals surface area contributed by atoms with Crippen LogP contribution in [0, 0.1) is 0 Å². The van der Waals surface area contributed by atoms with Gasteiger partial charge in [-0.15, -0.1) is 0 Å². The predicted molar refractivity (Wildman–Crippen MR) is 68.6 cm³/mol. The first-order valence-corrected chi connectivity index (χ1v) is 6.92. The second kappa shape index (κ2) is 5.32. The number of imidazole rings is 1. The first-order chi connectivity index (χ1) is 10.0. The summed E-state index contributed by atoms with van der Waals surface area (Å²) in [7, 11) is 0. The fraction of sp³-hybridized carbons (Fsp3) is 0.250. The van der Waals surface area contributed by atoms with Crippen LogP contribution < -0.4 is 0 Å². The second-order valence-corrected chi connectivity index (χ2v) is 5.03. The van der Waals surface area contributed by atoms with E-state index >= 15 is 0 Å². The van der Waals surface area contributed by atoms with Crippen molar-refractivity contribution in [2.75, 3.05) is 0 Å². The van der Waals surface area contributed by atoms with Crippen LogP contribution in [-0.4, -0.2) is 20.1 Å². The molecule has 0 fully saturated rings. The molecule has 0 saturated heterocycles. The minimum Gasteiger partial charge on any atom is -0.348 e. The molecule has 0 aliphatic carbocycles. The zero-order valence-electron chi connectivity index (χ0n) is 10.5. The van der Waals surface area contributed by atoms with Crippen molar-refractivity contribution in [3.05, 3.63) is 40.4 Å². The van der Waals surface area contributed by atoms with Crippen molar-refractivity contribution in [2.45, 2.75) is 19.0 Å². The zero-order valence-corrected chi connectivity index (χ0v) is 11.3. The third kappa shape index (κ3) is 2.97. The van der Waals surface area contributed by atoms with E-state index < -0.39 is 11.7 Å². The van der Waals surface area contributed by atoms with Crippen molar-refractivity contribution >= 4 is 11.3 Å². The lowest BCUT2D eigenvalue weighted by Crippen LogP contribution is -2.05. The van der Waals surface area contributed by atoms with Gasteiger partial charge in [0.05, 0.1) is 11.9 Å². The lowest BCUT2D eigenvalue weighted by molar-refractivity contribution is -0.136. The smallest absolute Gasteiger partial charge is 0.348 e. The van der Waals surface area contributed by atoms with Crippen LogP contribution in [0.5, 0.6) is 0 Å². The van der Waals surface area contributed by atoms with E-state index in [1.807, 2.05) is 0 Å². The first kappa shape index (κ1) is 13.8. The van der Waals surface area contributed by atoms with Gasteiger partial charge in [-0.3, -0.25) is 0 Å². The third-order valence-electron chi connectivity index (χ3n) is 2.84. The molecule has 21 heavy (non-hydrogen) atoms. The number of aromatic amines is 1. The van der Waals surface area contributed by atoms with Crippen LogP contribution in [0.2, 0.25) is 0 Å². The fourth-order valence-corrected chi connectivity index (χ4v) is 2.65. The maximum atomic E-state index is 12.8. The first-order valence-electron chi connectivity index (χ1n) is 5.97. The second-order valence-electron chi connectivity index (χ2n) is 4.29. The molecule has 5 nitrogen and oxygen atoms in total. The molecule has 0 spiro atoms. The van der Waals surface area contributed by atoms with Gasteiger partial charge in [0.15, 0.2) is 0 Å². The highest BCUT2D eigenvalue weighted by atomic mass is 32.1. The van der Waals surface area contributed by atoms with Crippen molar-refractivity contribution in [1.29, 1.82) is 0 Å². The van der Waals surface area contributed by atoms with Gasteiger partial charge >= 0.3 is 6.18 Å². The van der Waals surface area contributed by atoms with Crippen LogP contribution >= 0.6 is 11.3 Å². The van der Waals surface area contributed by atoms with E-state index in [-0.39, 0.29) is 11.4 Å². The fourth-order valence-electron chi connectivity index (χ4n) is 1.82. The predicted octanol–water partition coefficient (Wildman–Crippen LogP) is 3.33. The molecule has 9 heteroatoms. The summed E-state index contributed by atoms with van der Waals surface area (Å²) in [5.41, 5.74) is 0.0960. The quantitative estimate of drug-likeness (QED) is 0.802. The number of halogens is 3. The van der Waals surface area contributed by atoms with Gasteiger partial charge < -0.3 is 9.51 Å². The number of H-pyrrole nitrogens is 1. The topological polar surface area (TPSA) is 67.6 Å². The van der Waals surface area contributed by atoms with Crippen molar-refractivity contribution < 1.29 is 17.7 Å². The molecule has 0 aliphatic rings. The molecule has 0 radical (unpaired) electrons. The molecule has 0 bridgehead atoms. The lowest BCUT2D eigenvalue weighted by Gasteiger charge is -2.04. The van der Waals surface area contributed by atoms with E-state index in [1.165, 1.54) is 5.38 Å². The number of thiophene rings is 1. The Morgan fingerprint density at radius 1 is 1.24 bits per heavy atom. The molecule has 0 unspecified atom stereocenters. The van der Waals surface area contributed by atoms with Gasteiger partial charge in [0.2, 0.25) is 11.7 Å². The van der Waals surface area contributed by atoms with Crippen molar-refractivity contribution in [3.8, 4) is 11.4 Å². The molecule has 0 atom stereocenters. The summed E-state index contributed by atoms with van der Waals surface area (Å²) in [6.45, 7) is 0. The Hall–Kier alpha value is -2.16. The molecule has 3 aromatic rings. The van der Waals surface area contributed by atoms with Gasteiger partial charge in [0.1, 0.15) is 0 Å². The molecule has 3 aromatic heterocycles. The number of hydrogen-bond donors (Lipinski definition) is 1. The minimum atomic E-state index is -4.42. The van der Waals surface area contributed by atoms with Gasteiger partial charge in [-0.1, -0.05) is 5.16 Å². The average Bonchev–Trinajstić information content (AvgIpc) is 3.16. The summed E-state index contributed by atoms with van der Waals surface area (Å²) >= 11 is 0.954. The molecular formula is C12H9F3N4OS. The zero-order chi connectivity index (χ0) is 14.9. The molecule has 110 valence electrons. The van der Waals surface area contributed by atoms with E-state index in [0.717, 1.165) is 22.4 Å². The Balaban J connectivity index is 1.77. The Kier molecular flexibility index (Phi) is 3.50. The van der Waals surface area contributed by atoms with Crippen LogP contribution in [0.3, 0.4) is 0 Å².